The molecule has 1 aromatic carbocycles. The predicted molar refractivity (Wildman–Crippen MR) is 88.2 cm³/mol. The van der Waals surface area contributed by atoms with Crippen molar-refractivity contribution in [3.05, 3.63) is 57.4 Å². The minimum atomic E-state index is -0.246. The molecule has 0 radical (unpaired) electrons. The molecule has 6 heteroatoms. The molecule has 3 rings (SSSR count). The highest BCUT2D eigenvalue weighted by atomic mass is 32.2. The van der Waals surface area contributed by atoms with E-state index in [-0.39, 0.29) is 18.1 Å². The van der Waals surface area contributed by atoms with Crippen molar-refractivity contribution < 1.29 is 9.50 Å². The number of aliphatic hydroxyl groups is 1. The summed E-state index contributed by atoms with van der Waals surface area (Å²) in [6, 6.07) is 6.40. The summed E-state index contributed by atoms with van der Waals surface area (Å²) < 4.78 is 14.7. The average molecular weight is 334 g/mol. The van der Waals surface area contributed by atoms with E-state index in [1.807, 2.05) is 0 Å². The average Bonchev–Trinajstić information content (AvgIpc) is 3.03. The lowest BCUT2D eigenvalue weighted by atomic mass is 10.2. The molecule has 0 spiro atoms. The number of halogens is 1. The maximum absolute atomic E-state index is 12.9. The molecule has 0 bridgehead atoms. The summed E-state index contributed by atoms with van der Waals surface area (Å²) in [5.74, 6) is 0.420. The zero-order valence-electron chi connectivity index (χ0n) is 12.8. The SMILES string of the molecule is O=c1nc(SCc2ccc(F)cc2)c2c(n1CCCO)CCC2. The van der Waals surface area contributed by atoms with Crippen LogP contribution in [0.25, 0.3) is 0 Å². The number of aliphatic hydroxyl groups excluding tert-OH is 1. The molecular weight excluding hydrogens is 315 g/mol. The van der Waals surface area contributed by atoms with E-state index >= 15 is 0 Å². The maximum atomic E-state index is 12.9. The fourth-order valence-electron chi connectivity index (χ4n) is 2.90. The smallest absolute Gasteiger partial charge is 0.348 e. The Kier molecular flexibility index (Phi) is 5.13. The number of nitrogens with zero attached hydrogens (tertiary/aromatic N) is 2. The molecule has 0 saturated heterocycles. The van der Waals surface area contributed by atoms with Gasteiger partial charge in [0.2, 0.25) is 0 Å². The van der Waals surface area contributed by atoms with Crippen LogP contribution in [0.2, 0.25) is 0 Å². The van der Waals surface area contributed by atoms with E-state index in [2.05, 4.69) is 4.98 Å². The molecular formula is C17H19FN2O2S. The number of rotatable bonds is 6. The Bertz CT molecular complexity index is 743. The van der Waals surface area contributed by atoms with Gasteiger partial charge in [-0.3, -0.25) is 4.57 Å². The second kappa shape index (κ2) is 7.27. The Hall–Kier alpha value is -1.66. The van der Waals surface area contributed by atoms with Crippen LogP contribution in [0, 0.1) is 5.82 Å². The Morgan fingerprint density at radius 2 is 2.04 bits per heavy atom. The lowest BCUT2D eigenvalue weighted by Gasteiger charge is -2.13. The van der Waals surface area contributed by atoms with Gasteiger partial charge < -0.3 is 5.11 Å². The number of aromatic nitrogens is 2. The minimum absolute atomic E-state index is 0.0717. The fourth-order valence-corrected chi connectivity index (χ4v) is 3.93. The van der Waals surface area contributed by atoms with Crippen molar-refractivity contribution in [1.29, 1.82) is 0 Å². The Labute approximate surface area is 138 Å². The van der Waals surface area contributed by atoms with Gasteiger partial charge in [0.05, 0.1) is 0 Å². The first-order chi connectivity index (χ1) is 11.2. The predicted octanol–water partition coefficient (Wildman–Crippen LogP) is 2.55. The molecule has 2 aromatic rings. The van der Waals surface area contributed by atoms with Crippen LogP contribution < -0.4 is 5.69 Å². The topological polar surface area (TPSA) is 55.1 Å². The second-order valence-corrected chi connectivity index (χ2v) is 6.59. The first-order valence-corrected chi connectivity index (χ1v) is 8.78. The summed E-state index contributed by atoms with van der Waals surface area (Å²) >= 11 is 1.54. The monoisotopic (exact) mass is 334 g/mol. The molecule has 23 heavy (non-hydrogen) atoms. The quantitative estimate of drug-likeness (QED) is 0.651. The van der Waals surface area contributed by atoms with Crippen LogP contribution in [0.15, 0.2) is 34.1 Å². The van der Waals surface area contributed by atoms with E-state index in [4.69, 9.17) is 5.11 Å². The molecule has 1 aromatic heterocycles. The Morgan fingerprint density at radius 3 is 2.78 bits per heavy atom. The molecule has 0 unspecified atom stereocenters. The van der Waals surface area contributed by atoms with Gasteiger partial charge in [-0.05, 0) is 43.4 Å². The van der Waals surface area contributed by atoms with Crippen LogP contribution in [0.4, 0.5) is 4.39 Å². The van der Waals surface area contributed by atoms with Crippen molar-refractivity contribution in [3.63, 3.8) is 0 Å². The van der Waals surface area contributed by atoms with Crippen molar-refractivity contribution in [2.45, 2.75) is 43.0 Å². The third-order valence-electron chi connectivity index (χ3n) is 4.03. The number of hydrogen-bond donors (Lipinski definition) is 1. The van der Waals surface area contributed by atoms with Gasteiger partial charge in [-0.1, -0.05) is 12.1 Å². The molecule has 0 atom stereocenters. The van der Waals surface area contributed by atoms with Crippen LogP contribution in [-0.2, 0) is 25.1 Å². The molecule has 1 heterocycles. The Balaban J connectivity index is 1.83. The largest absolute Gasteiger partial charge is 0.396 e. The normalized spacial score (nSPS) is 13.3. The maximum Gasteiger partial charge on any atom is 0.348 e. The summed E-state index contributed by atoms with van der Waals surface area (Å²) in [6.45, 7) is 0.593. The standard InChI is InChI=1S/C17H19FN2O2S/c18-13-7-5-12(6-8-13)11-23-16-14-3-1-4-15(14)20(9-2-10-21)17(22)19-16/h5-8,21H,1-4,9-11H2. The summed E-state index contributed by atoms with van der Waals surface area (Å²) in [5, 5.41) is 9.78. The van der Waals surface area contributed by atoms with E-state index in [1.54, 1.807) is 16.7 Å². The van der Waals surface area contributed by atoms with Gasteiger partial charge in [0.15, 0.2) is 0 Å². The molecule has 0 aliphatic heterocycles. The van der Waals surface area contributed by atoms with Gasteiger partial charge in [-0.15, -0.1) is 11.8 Å². The number of fused-ring (bicyclic) bond motifs is 1. The Morgan fingerprint density at radius 1 is 1.26 bits per heavy atom. The van der Waals surface area contributed by atoms with Crippen molar-refractivity contribution in [2.24, 2.45) is 0 Å². The lowest BCUT2D eigenvalue weighted by molar-refractivity contribution is 0.277. The highest BCUT2D eigenvalue weighted by molar-refractivity contribution is 7.98. The highest BCUT2D eigenvalue weighted by Crippen LogP contribution is 2.31. The van der Waals surface area contributed by atoms with E-state index in [0.717, 1.165) is 41.1 Å². The van der Waals surface area contributed by atoms with Crippen molar-refractivity contribution in [2.75, 3.05) is 6.61 Å². The van der Waals surface area contributed by atoms with Crippen LogP contribution >= 0.6 is 11.8 Å². The second-order valence-electron chi connectivity index (χ2n) is 5.62. The summed E-state index contributed by atoms with van der Waals surface area (Å²) in [7, 11) is 0. The zero-order valence-corrected chi connectivity index (χ0v) is 13.6. The van der Waals surface area contributed by atoms with E-state index < -0.39 is 0 Å². The van der Waals surface area contributed by atoms with Crippen molar-refractivity contribution in [3.8, 4) is 0 Å². The lowest BCUT2D eigenvalue weighted by Crippen LogP contribution is -2.27. The molecule has 0 saturated carbocycles. The van der Waals surface area contributed by atoms with Crippen LogP contribution in [-0.4, -0.2) is 21.3 Å². The number of benzene rings is 1. The minimum Gasteiger partial charge on any atom is -0.396 e. The zero-order chi connectivity index (χ0) is 16.2. The summed E-state index contributed by atoms with van der Waals surface area (Å²) in [5.41, 5.74) is 3.00. The molecule has 122 valence electrons. The van der Waals surface area contributed by atoms with Crippen molar-refractivity contribution in [1.82, 2.24) is 9.55 Å². The van der Waals surface area contributed by atoms with Gasteiger partial charge >= 0.3 is 5.69 Å². The van der Waals surface area contributed by atoms with Crippen LogP contribution in [0.1, 0.15) is 29.7 Å². The van der Waals surface area contributed by atoms with Gasteiger partial charge in [0, 0.05) is 30.2 Å². The highest BCUT2D eigenvalue weighted by Gasteiger charge is 2.21. The molecule has 4 nitrogen and oxygen atoms in total. The summed E-state index contributed by atoms with van der Waals surface area (Å²) in [4.78, 5) is 16.5. The van der Waals surface area contributed by atoms with Crippen molar-refractivity contribution >= 4 is 11.8 Å². The van der Waals surface area contributed by atoms with Crippen LogP contribution in [0.5, 0.6) is 0 Å². The van der Waals surface area contributed by atoms with E-state index in [1.165, 1.54) is 23.9 Å². The molecule has 1 aliphatic rings. The fraction of sp³-hybridized carbons (Fsp3) is 0.412. The first-order valence-electron chi connectivity index (χ1n) is 7.79. The van der Waals surface area contributed by atoms with Gasteiger partial charge in [-0.25, -0.2) is 9.18 Å². The molecule has 0 fully saturated rings. The number of hydrogen-bond acceptors (Lipinski definition) is 4. The van der Waals surface area contributed by atoms with Gasteiger partial charge in [-0.2, -0.15) is 4.98 Å². The molecule has 1 N–H and O–H groups in total. The summed E-state index contributed by atoms with van der Waals surface area (Å²) in [6.07, 6.45) is 3.43. The third kappa shape index (κ3) is 3.64. The molecule has 0 amide bonds. The number of thioether (sulfide) groups is 1. The van der Waals surface area contributed by atoms with Gasteiger partial charge in [0.1, 0.15) is 10.8 Å². The van der Waals surface area contributed by atoms with E-state index in [0.29, 0.717) is 18.7 Å². The van der Waals surface area contributed by atoms with E-state index in [9.17, 15) is 9.18 Å². The third-order valence-corrected chi connectivity index (χ3v) is 5.12. The van der Waals surface area contributed by atoms with Gasteiger partial charge in [0.25, 0.3) is 0 Å². The molecule has 1 aliphatic carbocycles. The van der Waals surface area contributed by atoms with Crippen LogP contribution in [0.3, 0.4) is 0 Å². The first kappa shape index (κ1) is 16.2.